The minimum atomic E-state index is 0.0549. The number of aromatic nitrogens is 2. The van der Waals surface area contributed by atoms with Gasteiger partial charge in [-0.1, -0.05) is 18.2 Å². The van der Waals surface area contributed by atoms with Crippen molar-refractivity contribution in [3.63, 3.8) is 0 Å². The van der Waals surface area contributed by atoms with Crippen LogP contribution in [0.4, 0.5) is 0 Å². The standard InChI is InChI=1S/C19H17N3OS/c23-19(21-10-8-18-16(14-21)9-11-24-18)7-6-15-12-20-22(13-15)17-4-2-1-3-5-17/h1-7,9,11-13H,8,10,14H2. The number of fused-ring (bicyclic) bond motifs is 1. The Kier molecular flexibility index (Phi) is 4.01. The normalized spacial score (nSPS) is 14.1. The third-order valence-corrected chi connectivity index (χ3v) is 5.18. The van der Waals surface area contributed by atoms with Gasteiger partial charge in [-0.05, 0) is 41.6 Å². The number of rotatable bonds is 3. The maximum atomic E-state index is 12.4. The van der Waals surface area contributed by atoms with Crippen molar-refractivity contribution in [3.8, 4) is 5.69 Å². The Morgan fingerprint density at radius 2 is 2.08 bits per heavy atom. The molecule has 1 aromatic carbocycles. The molecular formula is C19H17N3OS. The van der Waals surface area contributed by atoms with Gasteiger partial charge in [0.1, 0.15) is 0 Å². The van der Waals surface area contributed by atoms with Gasteiger partial charge in [0, 0.05) is 35.8 Å². The van der Waals surface area contributed by atoms with Crippen LogP contribution in [-0.2, 0) is 17.8 Å². The highest BCUT2D eigenvalue weighted by atomic mass is 32.1. The van der Waals surface area contributed by atoms with E-state index in [0.29, 0.717) is 6.54 Å². The summed E-state index contributed by atoms with van der Waals surface area (Å²) in [5.41, 5.74) is 3.20. The number of hydrogen-bond acceptors (Lipinski definition) is 3. The van der Waals surface area contributed by atoms with E-state index in [1.165, 1.54) is 10.4 Å². The average molecular weight is 335 g/mol. The fourth-order valence-corrected chi connectivity index (χ4v) is 3.74. The Bertz CT molecular complexity index is 879. The minimum absolute atomic E-state index is 0.0549. The van der Waals surface area contributed by atoms with Gasteiger partial charge in [-0.25, -0.2) is 4.68 Å². The number of nitrogens with zero attached hydrogens (tertiary/aromatic N) is 3. The van der Waals surface area contributed by atoms with Gasteiger partial charge in [-0.15, -0.1) is 11.3 Å². The second-order valence-electron chi connectivity index (χ2n) is 5.77. The number of para-hydroxylation sites is 1. The first-order valence-corrected chi connectivity index (χ1v) is 8.80. The summed E-state index contributed by atoms with van der Waals surface area (Å²) in [6, 6.07) is 12.0. The molecule has 0 saturated carbocycles. The van der Waals surface area contributed by atoms with Crippen LogP contribution in [0.25, 0.3) is 11.8 Å². The molecule has 3 aromatic rings. The first-order chi connectivity index (χ1) is 11.8. The predicted octanol–water partition coefficient (Wildman–Crippen LogP) is 3.53. The van der Waals surface area contributed by atoms with Crippen LogP contribution in [0.3, 0.4) is 0 Å². The first kappa shape index (κ1) is 14.9. The van der Waals surface area contributed by atoms with Crippen molar-refractivity contribution in [2.75, 3.05) is 6.54 Å². The van der Waals surface area contributed by atoms with Gasteiger partial charge in [0.2, 0.25) is 5.91 Å². The molecule has 4 rings (SSSR count). The van der Waals surface area contributed by atoms with Crippen LogP contribution in [0, 0.1) is 0 Å². The maximum Gasteiger partial charge on any atom is 0.246 e. The second kappa shape index (κ2) is 6.45. The highest BCUT2D eigenvalue weighted by molar-refractivity contribution is 7.10. The highest BCUT2D eigenvalue weighted by Gasteiger charge is 2.19. The molecule has 5 heteroatoms. The highest BCUT2D eigenvalue weighted by Crippen LogP contribution is 2.24. The number of hydrogen-bond donors (Lipinski definition) is 0. The van der Waals surface area contributed by atoms with Gasteiger partial charge in [-0.2, -0.15) is 5.10 Å². The summed E-state index contributed by atoms with van der Waals surface area (Å²) in [7, 11) is 0. The molecule has 120 valence electrons. The molecule has 0 N–H and O–H groups in total. The van der Waals surface area contributed by atoms with E-state index in [2.05, 4.69) is 16.5 Å². The quantitative estimate of drug-likeness (QED) is 0.687. The van der Waals surface area contributed by atoms with E-state index in [1.807, 2.05) is 52.2 Å². The summed E-state index contributed by atoms with van der Waals surface area (Å²) in [6.07, 6.45) is 8.12. The lowest BCUT2D eigenvalue weighted by Gasteiger charge is -2.25. The van der Waals surface area contributed by atoms with Gasteiger partial charge in [0.25, 0.3) is 0 Å². The van der Waals surface area contributed by atoms with Crippen LogP contribution in [0.1, 0.15) is 16.0 Å². The SMILES string of the molecule is O=C(C=Cc1cnn(-c2ccccc2)c1)N1CCc2sccc2C1. The second-order valence-corrected chi connectivity index (χ2v) is 6.77. The van der Waals surface area contributed by atoms with Gasteiger partial charge in [0.05, 0.1) is 11.9 Å². The van der Waals surface area contributed by atoms with Crippen LogP contribution in [-0.4, -0.2) is 27.1 Å². The molecule has 1 aliphatic rings. The van der Waals surface area contributed by atoms with Crippen molar-refractivity contribution in [2.24, 2.45) is 0 Å². The summed E-state index contributed by atoms with van der Waals surface area (Å²) in [5, 5.41) is 6.45. The Morgan fingerprint density at radius 1 is 1.21 bits per heavy atom. The van der Waals surface area contributed by atoms with Crippen molar-refractivity contribution in [3.05, 3.63) is 76.3 Å². The van der Waals surface area contributed by atoms with Crippen LogP contribution in [0.15, 0.2) is 60.2 Å². The zero-order chi connectivity index (χ0) is 16.4. The van der Waals surface area contributed by atoms with Crippen molar-refractivity contribution in [2.45, 2.75) is 13.0 Å². The largest absolute Gasteiger partial charge is 0.334 e. The molecule has 0 aliphatic carbocycles. The molecule has 0 unspecified atom stereocenters. The van der Waals surface area contributed by atoms with Crippen molar-refractivity contribution in [1.29, 1.82) is 0 Å². The Labute approximate surface area is 144 Å². The zero-order valence-electron chi connectivity index (χ0n) is 13.1. The molecule has 0 fully saturated rings. The van der Waals surface area contributed by atoms with E-state index < -0.39 is 0 Å². The Morgan fingerprint density at radius 3 is 2.96 bits per heavy atom. The fraction of sp³-hybridized carbons (Fsp3) is 0.158. The number of carbonyl (C=O) groups excluding carboxylic acids is 1. The molecular weight excluding hydrogens is 318 g/mol. The summed E-state index contributed by atoms with van der Waals surface area (Å²) in [6.45, 7) is 1.51. The van der Waals surface area contributed by atoms with Gasteiger partial charge in [0.15, 0.2) is 0 Å². The molecule has 0 spiro atoms. The van der Waals surface area contributed by atoms with Crippen LogP contribution < -0.4 is 0 Å². The summed E-state index contributed by atoms with van der Waals surface area (Å²) in [5.74, 6) is 0.0549. The average Bonchev–Trinajstić information content (AvgIpc) is 3.29. The number of benzene rings is 1. The molecule has 0 radical (unpaired) electrons. The van der Waals surface area contributed by atoms with Crippen molar-refractivity contribution in [1.82, 2.24) is 14.7 Å². The predicted molar refractivity (Wildman–Crippen MR) is 96.0 cm³/mol. The molecule has 0 atom stereocenters. The van der Waals surface area contributed by atoms with E-state index in [4.69, 9.17) is 0 Å². The van der Waals surface area contributed by atoms with E-state index >= 15 is 0 Å². The van der Waals surface area contributed by atoms with Gasteiger partial charge >= 0.3 is 0 Å². The molecule has 1 amide bonds. The summed E-state index contributed by atoms with van der Waals surface area (Å²) >= 11 is 1.78. The molecule has 0 bridgehead atoms. The Hall–Kier alpha value is -2.66. The topological polar surface area (TPSA) is 38.1 Å². The van der Waals surface area contributed by atoms with Crippen LogP contribution in [0.2, 0.25) is 0 Å². The van der Waals surface area contributed by atoms with Crippen LogP contribution >= 0.6 is 11.3 Å². The van der Waals surface area contributed by atoms with Crippen LogP contribution in [0.5, 0.6) is 0 Å². The lowest BCUT2D eigenvalue weighted by molar-refractivity contribution is -0.126. The van der Waals surface area contributed by atoms with Crippen molar-refractivity contribution < 1.29 is 4.79 Å². The van der Waals surface area contributed by atoms with E-state index in [1.54, 1.807) is 23.6 Å². The first-order valence-electron chi connectivity index (χ1n) is 7.92. The molecule has 4 nitrogen and oxygen atoms in total. The summed E-state index contributed by atoms with van der Waals surface area (Å²) in [4.78, 5) is 15.7. The third kappa shape index (κ3) is 3.03. The summed E-state index contributed by atoms with van der Waals surface area (Å²) < 4.78 is 1.81. The van der Waals surface area contributed by atoms with E-state index in [-0.39, 0.29) is 5.91 Å². The van der Waals surface area contributed by atoms with Gasteiger partial charge < -0.3 is 4.90 Å². The number of amides is 1. The van der Waals surface area contributed by atoms with E-state index in [0.717, 1.165) is 24.2 Å². The number of thiophene rings is 1. The molecule has 0 saturated heterocycles. The number of carbonyl (C=O) groups is 1. The minimum Gasteiger partial charge on any atom is -0.334 e. The molecule has 24 heavy (non-hydrogen) atoms. The zero-order valence-corrected chi connectivity index (χ0v) is 13.9. The molecule has 2 aromatic heterocycles. The van der Waals surface area contributed by atoms with E-state index in [9.17, 15) is 4.79 Å². The fourth-order valence-electron chi connectivity index (χ4n) is 2.85. The molecule has 1 aliphatic heterocycles. The smallest absolute Gasteiger partial charge is 0.246 e. The van der Waals surface area contributed by atoms with Gasteiger partial charge in [-0.3, -0.25) is 4.79 Å². The van der Waals surface area contributed by atoms with Crippen molar-refractivity contribution >= 4 is 23.3 Å². The lowest BCUT2D eigenvalue weighted by atomic mass is 10.1. The molecule has 3 heterocycles. The lowest BCUT2D eigenvalue weighted by Crippen LogP contribution is -2.34. The third-order valence-electron chi connectivity index (χ3n) is 4.16. The maximum absolute atomic E-state index is 12.4. The Balaban J connectivity index is 1.44. The monoisotopic (exact) mass is 335 g/mol.